The molecule has 6 nitrogen and oxygen atoms in total. The monoisotopic (exact) mass is 367 g/mol. The van der Waals surface area contributed by atoms with Gasteiger partial charge < -0.3 is 5.11 Å². The Labute approximate surface area is 153 Å². The number of hydrogen-bond acceptors (Lipinski definition) is 5. The van der Waals surface area contributed by atoms with E-state index in [1.807, 2.05) is 0 Å². The molecular weight excluding hydrogens is 352 g/mol. The normalized spacial score (nSPS) is 11.9. The Morgan fingerprint density at radius 2 is 1.81 bits per heavy atom. The lowest BCUT2D eigenvalue weighted by atomic mass is 10.0. The lowest BCUT2D eigenvalue weighted by Crippen LogP contribution is -2.19. The summed E-state index contributed by atoms with van der Waals surface area (Å²) in [5, 5.41) is 14.4. The Balaban J connectivity index is 1.82. The van der Waals surface area contributed by atoms with Crippen molar-refractivity contribution < 1.29 is 13.9 Å². The maximum Gasteiger partial charge on any atom is 0.251 e. The van der Waals surface area contributed by atoms with Crippen molar-refractivity contribution in [1.29, 1.82) is 0 Å². The molecule has 27 heavy (non-hydrogen) atoms. The van der Waals surface area contributed by atoms with Crippen LogP contribution in [0.3, 0.4) is 0 Å². The van der Waals surface area contributed by atoms with E-state index in [-0.39, 0.29) is 5.56 Å². The smallest absolute Gasteiger partial charge is 0.251 e. The summed E-state index contributed by atoms with van der Waals surface area (Å²) < 4.78 is 28.9. The van der Waals surface area contributed by atoms with Crippen molar-refractivity contribution in [2.24, 2.45) is 0 Å². The first-order valence-corrected chi connectivity index (χ1v) is 8.18. The first-order valence-electron chi connectivity index (χ1n) is 8.18. The van der Waals surface area contributed by atoms with Gasteiger partial charge in [0.05, 0.1) is 35.7 Å². The van der Waals surface area contributed by atoms with Crippen LogP contribution >= 0.6 is 0 Å². The van der Waals surface area contributed by atoms with E-state index in [4.69, 9.17) is 0 Å². The molecule has 1 N–H and O–H groups in total. The molecule has 0 radical (unpaired) electrons. The first kappa shape index (κ1) is 17.2. The minimum Gasteiger partial charge on any atom is -0.384 e. The van der Waals surface area contributed by atoms with Gasteiger partial charge in [0.2, 0.25) is 0 Å². The van der Waals surface area contributed by atoms with Crippen LogP contribution in [0.1, 0.15) is 19.5 Å². The maximum absolute atomic E-state index is 14.3. The van der Waals surface area contributed by atoms with Gasteiger partial charge in [-0.25, -0.2) is 18.7 Å². The van der Waals surface area contributed by atoms with Crippen molar-refractivity contribution >= 4 is 5.78 Å². The van der Waals surface area contributed by atoms with Crippen LogP contribution in [0, 0.1) is 11.6 Å². The number of nitrogens with zero attached hydrogens (tertiary/aromatic N) is 5. The van der Waals surface area contributed by atoms with E-state index in [0.29, 0.717) is 28.4 Å². The van der Waals surface area contributed by atoms with Crippen LogP contribution in [0.25, 0.3) is 28.3 Å². The summed E-state index contributed by atoms with van der Waals surface area (Å²) in [4.78, 5) is 12.5. The quantitative estimate of drug-likeness (QED) is 0.601. The molecule has 0 spiro atoms. The van der Waals surface area contributed by atoms with E-state index in [0.717, 1.165) is 6.20 Å². The van der Waals surface area contributed by atoms with E-state index in [1.165, 1.54) is 28.9 Å². The summed E-state index contributed by atoms with van der Waals surface area (Å²) in [5.41, 5.74) is 1.06. The number of aromatic nitrogens is 5. The van der Waals surface area contributed by atoms with E-state index < -0.39 is 17.2 Å². The summed E-state index contributed by atoms with van der Waals surface area (Å²) in [6.07, 6.45) is 4.07. The molecule has 0 atom stereocenters. The third-order valence-corrected chi connectivity index (χ3v) is 4.13. The van der Waals surface area contributed by atoms with Gasteiger partial charge in [-0.2, -0.15) is 9.61 Å². The van der Waals surface area contributed by atoms with Crippen LogP contribution in [0.5, 0.6) is 0 Å². The number of halogens is 2. The number of fused-ring (bicyclic) bond motifs is 1. The Hall–Kier alpha value is -3.26. The number of benzene rings is 1. The molecule has 0 saturated carbocycles. The number of imidazole rings is 1. The largest absolute Gasteiger partial charge is 0.384 e. The molecule has 8 heteroatoms. The molecule has 0 aliphatic carbocycles. The topological polar surface area (TPSA) is 76.2 Å². The van der Waals surface area contributed by atoms with Gasteiger partial charge in [0.1, 0.15) is 17.2 Å². The van der Waals surface area contributed by atoms with Crippen LogP contribution in [0.15, 0.2) is 48.9 Å². The van der Waals surface area contributed by atoms with Crippen LogP contribution in [0.2, 0.25) is 0 Å². The third-order valence-electron chi connectivity index (χ3n) is 4.13. The van der Waals surface area contributed by atoms with Crippen LogP contribution in [-0.2, 0) is 5.60 Å². The van der Waals surface area contributed by atoms with Crippen molar-refractivity contribution in [2.45, 2.75) is 19.4 Å². The van der Waals surface area contributed by atoms with Gasteiger partial charge in [0, 0.05) is 11.1 Å². The van der Waals surface area contributed by atoms with Gasteiger partial charge in [0.25, 0.3) is 5.78 Å². The van der Waals surface area contributed by atoms with E-state index >= 15 is 0 Å². The van der Waals surface area contributed by atoms with E-state index in [9.17, 15) is 13.9 Å². The predicted octanol–water partition coefficient (Wildman–Crippen LogP) is 3.36. The second-order valence-corrected chi connectivity index (χ2v) is 6.61. The Morgan fingerprint density at radius 3 is 2.52 bits per heavy atom. The fourth-order valence-corrected chi connectivity index (χ4v) is 2.68. The molecule has 0 aliphatic rings. The molecule has 1 aromatic carbocycles. The van der Waals surface area contributed by atoms with E-state index in [2.05, 4.69) is 20.1 Å². The van der Waals surface area contributed by atoms with Crippen LogP contribution in [0.4, 0.5) is 8.78 Å². The Kier molecular flexibility index (Phi) is 3.92. The summed E-state index contributed by atoms with van der Waals surface area (Å²) in [5.74, 6) is -0.646. The highest BCUT2D eigenvalue weighted by molar-refractivity contribution is 5.70. The lowest BCUT2D eigenvalue weighted by Gasteiger charge is -2.15. The molecule has 0 amide bonds. The molecule has 0 aliphatic heterocycles. The van der Waals surface area contributed by atoms with Gasteiger partial charge in [-0.3, -0.25) is 4.98 Å². The van der Waals surface area contributed by atoms with Crippen LogP contribution < -0.4 is 0 Å². The molecule has 0 bridgehead atoms. The number of hydrogen-bond donors (Lipinski definition) is 1. The fourth-order valence-electron chi connectivity index (χ4n) is 2.68. The average molecular weight is 367 g/mol. The zero-order valence-electron chi connectivity index (χ0n) is 14.6. The van der Waals surface area contributed by atoms with Crippen molar-refractivity contribution in [1.82, 2.24) is 24.6 Å². The number of aliphatic hydroxyl groups is 1. The molecular formula is C19H15F2N5O. The Morgan fingerprint density at radius 1 is 1.00 bits per heavy atom. The second kappa shape index (κ2) is 6.17. The summed E-state index contributed by atoms with van der Waals surface area (Å²) in [7, 11) is 0. The van der Waals surface area contributed by atoms with Gasteiger partial charge >= 0.3 is 0 Å². The summed E-state index contributed by atoms with van der Waals surface area (Å²) in [6.45, 7) is 3.22. The third kappa shape index (κ3) is 3.15. The number of pyridine rings is 1. The molecule has 4 rings (SSSR count). The minimum atomic E-state index is -1.14. The minimum absolute atomic E-state index is 0.239. The van der Waals surface area contributed by atoms with Crippen molar-refractivity contribution in [3.8, 4) is 22.5 Å². The fraction of sp³-hybridized carbons (Fsp3) is 0.158. The van der Waals surface area contributed by atoms with Gasteiger partial charge in [0.15, 0.2) is 0 Å². The average Bonchev–Trinajstić information content (AvgIpc) is 3.05. The van der Waals surface area contributed by atoms with Crippen molar-refractivity contribution in [3.05, 3.63) is 66.3 Å². The molecule has 0 unspecified atom stereocenters. The number of rotatable bonds is 3. The predicted molar refractivity (Wildman–Crippen MR) is 94.6 cm³/mol. The summed E-state index contributed by atoms with van der Waals surface area (Å²) in [6, 6.07) is 7.16. The van der Waals surface area contributed by atoms with E-state index in [1.54, 1.807) is 32.2 Å². The van der Waals surface area contributed by atoms with Gasteiger partial charge in [-0.15, -0.1) is 0 Å². The SMILES string of the molecule is CC(C)(O)c1cnn2c(-c3ccc(F)c(-c4ccc(F)cn4)c3)cnc2n1. The lowest BCUT2D eigenvalue weighted by molar-refractivity contribution is 0.0734. The molecule has 3 aromatic heterocycles. The molecule has 136 valence electrons. The maximum atomic E-state index is 14.3. The highest BCUT2D eigenvalue weighted by atomic mass is 19.1. The Bertz CT molecular complexity index is 1130. The second-order valence-electron chi connectivity index (χ2n) is 6.61. The molecule has 4 aromatic rings. The molecule has 0 fully saturated rings. The van der Waals surface area contributed by atoms with Crippen molar-refractivity contribution in [2.75, 3.05) is 0 Å². The zero-order valence-corrected chi connectivity index (χ0v) is 14.6. The first-order chi connectivity index (χ1) is 12.8. The molecule has 3 heterocycles. The van der Waals surface area contributed by atoms with Gasteiger partial charge in [-0.1, -0.05) is 0 Å². The summed E-state index contributed by atoms with van der Waals surface area (Å²) >= 11 is 0. The van der Waals surface area contributed by atoms with Crippen LogP contribution in [-0.4, -0.2) is 29.7 Å². The zero-order chi connectivity index (χ0) is 19.2. The van der Waals surface area contributed by atoms with Crippen molar-refractivity contribution in [3.63, 3.8) is 0 Å². The van der Waals surface area contributed by atoms with Gasteiger partial charge in [-0.05, 0) is 44.2 Å². The highest BCUT2D eigenvalue weighted by Crippen LogP contribution is 2.28. The molecule has 0 saturated heterocycles. The highest BCUT2D eigenvalue weighted by Gasteiger charge is 2.20. The standard InChI is InChI=1S/C19H15F2N5O/c1-19(2,27)17-10-24-26-16(9-23-18(26)25-17)11-3-5-14(21)13(7-11)15-6-4-12(20)8-22-15/h3-10,27H,1-2H3.